The molecule has 4 aromatic rings. The van der Waals surface area contributed by atoms with Gasteiger partial charge in [-0.05, 0) is 49.7 Å². The Morgan fingerprint density at radius 2 is 1.23 bits per heavy atom. The third-order valence-corrected chi connectivity index (χ3v) is 3.52. The third-order valence-electron chi connectivity index (χ3n) is 3.52. The molecule has 0 spiro atoms. The Bertz CT molecular complexity index is 836. The summed E-state index contributed by atoms with van der Waals surface area (Å²) in [5, 5.41) is 2.42. The van der Waals surface area contributed by atoms with Gasteiger partial charge in [0.2, 0.25) is 0 Å². The first kappa shape index (κ1) is 14.2. The number of aromatic nitrogens is 2. The predicted octanol–water partition coefficient (Wildman–Crippen LogP) is 5.09. The van der Waals surface area contributed by atoms with Crippen LogP contribution in [0.4, 0.5) is 0 Å². The van der Waals surface area contributed by atoms with E-state index in [0.29, 0.717) is 0 Å². The highest BCUT2D eigenvalue weighted by Crippen LogP contribution is 2.12. The molecule has 0 saturated carbocycles. The monoisotopic (exact) mass is 286 g/mol. The van der Waals surface area contributed by atoms with E-state index in [1.807, 2.05) is 30.6 Å². The zero-order valence-corrected chi connectivity index (χ0v) is 12.8. The van der Waals surface area contributed by atoms with Crippen LogP contribution >= 0.6 is 0 Å². The van der Waals surface area contributed by atoms with E-state index in [1.54, 1.807) is 0 Å². The van der Waals surface area contributed by atoms with Crippen molar-refractivity contribution in [3.05, 3.63) is 84.2 Å². The van der Waals surface area contributed by atoms with Gasteiger partial charge in [0, 0.05) is 23.2 Å². The zero-order valence-electron chi connectivity index (χ0n) is 12.8. The topological polar surface area (TPSA) is 25.8 Å². The second-order valence-electron chi connectivity index (χ2n) is 5.40. The Labute approximate surface area is 130 Å². The molecule has 2 heteroatoms. The molecule has 108 valence electrons. The van der Waals surface area contributed by atoms with Crippen molar-refractivity contribution in [2.45, 2.75) is 13.8 Å². The van der Waals surface area contributed by atoms with Crippen LogP contribution in [0.2, 0.25) is 0 Å². The van der Waals surface area contributed by atoms with Crippen LogP contribution in [0.25, 0.3) is 21.8 Å². The van der Waals surface area contributed by atoms with Crippen molar-refractivity contribution in [2.24, 2.45) is 0 Å². The third kappa shape index (κ3) is 3.29. The maximum atomic E-state index is 4.24. The van der Waals surface area contributed by atoms with Crippen LogP contribution in [-0.4, -0.2) is 9.97 Å². The first-order chi connectivity index (χ1) is 10.7. The van der Waals surface area contributed by atoms with E-state index in [9.17, 15) is 0 Å². The summed E-state index contributed by atoms with van der Waals surface area (Å²) in [6.07, 6.45) is 3.64. The summed E-state index contributed by atoms with van der Waals surface area (Å²) in [6, 6.07) is 20.6. The van der Waals surface area contributed by atoms with Gasteiger partial charge in [-0.3, -0.25) is 9.97 Å². The van der Waals surface area contributed by atoms with Crippen molar-refractivity contribution in [3.63, 3.8) is 0 Å². The molecule has 0 N–H and O–H groups in total. The predicted molar refractivity (Wildman–Crippen MR) is 93.0 cm³/mol. The number of hydrogen-bond donors (Lipinski definition) is 0. The summed E-state index contributed by atoms with van der Waals surface area (Å²) in [5.41, 5.74) is 4.69. The highest BCUT2D eigenvalue weighted by Gasteiger charge is 1.91. The molecule has 2 heterocycles. The van der Waals surface area contributed by atoms with E-state index in [2.05, 4.69) is 66.3 Å². The van der Waals surface area contributed by atoms with Gasteiger partial charge >= 0.3 is 0 Å². The smallest absolute Gasteiger partial charge is 0.0704 e. The summed E-state index contributed by atoms with van der Waals surface area (Å²) in [6.45, 7) is 4.17. The van der Waals surface area contributed by atoms with E-state index < -0.39 is 0 Å². The van der Waals surface area contributed by atoms with E-state index >= 15 is 0 Å². The van der Waals surface area contributed by atoms with Crippen LogP contribution < -0.4 is 0 Å². The minimum atomic E-state index is 1.07. The summed E-state index contributed by atoms with van der Waals surface area (Å²) in [4.78, 5) is 8.46. The molecule has 22 heavy (non-hydrogen) atoms. The zero-order chi connectivity index (χ0) is 15.4. The van der Waals surface area contributed by atoms with Gasteiger partial charge in [-0.15, -0.1) is 0 Å². The van der Waals surface area contributed by atoms with Gasteiger partial charge in [0.05, 0.1) is 11.0 Å². The van der Waals surface area contributed by atoms with Crippen molar-refractivity contribution < 1.29 is 0 Å². The van der Waals surface area contributed by atoms with Crippen LogP contribution in [0, 0.1) is 13.8 Å². The lowest BCUT2D eigenvalue weighted by atomic mass is 10.1. The summed E-state index contributed by atoms with van der Waals surface area (Å²) < 4.78 is 0. The summed E-state index contributed by atoms with van der Waals surface area (Å²) in [5.74, 6) is 0. The molecule has 0 bridgehead atoms. The molecular weight excluding hydrogens is 268 g/mol. The molecular formula is C20H18N2. The minimum absolute atomic E-state index is 1.07. The Morgan fingerprint density at radius 3 is 2.05 bits per heavy atom. The van der Waals surface area contributed by atoms with Crippen molar-refractivity contribution in [2.75, 3.05) is 0 Å². The number of benzene rings is 2. The number of pyridine rings is 2. The van der Waals surface area contributed by atoms with Gasteiger partial charge in [-0.1, -0.05) is 35.9 Å². The molecule has 2 aromatic carbocycles. The first-order valence-electron chi connectivity index (χ1n) is 7.35. The maximum Gasteiger partial charge on any atom is 0.0704 e. The molecule has 4 rings (SSSR count). The molecule has 0 atom stereocenters. The van der Waals surface area contributed by atoms with E-state index in [4.69, 9.17) is 0 Å². The fourth-order valence-corrected chi connectivity index (χ4v) is 2.37. The van der Waals surface area contributed by atoms with Crippen molar-refractivity contribution in [1.29, 1.82) is 0 Å². The van der Waals surface area contributed by atoms with Crippen LogP contribution in [-0.2, 0) is 0 Å². The Hall–Kier alpha value is -2.74. The van der Waals surface area contributed by atoms with Gasteiger partial charge in [-0.2, -0.15) is 0 Å². The van der Waals surface area contributed by atoms with E-state index in [0.717, 1.165) is 11.0 Å². The summed E-state index contributed by atoms with van der Waals surface area (Å²) in [7, 11) is 0. The highest BCUT2D eigenvalue weighted by molar-refractivity contribution is 5.79. The van der Waals surface area contributed by atoms with Gasteiger partial charge in [0.15, 0.2) is 0 Å². The minimum Gasteiger partial charge on any atom is -0.256 e. The van der Waals surface area contributed by atoms with E-state index in [1.165, 1.54) is 21.9 Å². The number of fused-ring (bicyclic) bond motifs is 2. The molecule has 2 nitrogen and oxygen atoms in total. The molecule has 0 amide bonds. The molecule has 2 aromatic heterocycles. The standard InChI is InChI=1S/2C10H9N/c1-8-4-5-10-9(7-8)3-2-6-11-10;1-8-4-5-9-3-2-6-11-10(9)7-8/h2*2-7H,1H3. The van der Waals surface area contributed by atoms with Crippen molar-refractivity contribution in [3.8, 4) is 0 Å². The lowest BCUT2D eigenvalue weighted by molar-refractivity contribution is 1.39. The second kappa shape index (κ2) is 6.35. The molecule has 0 aliphatic rings. The first-order valence-corrected chi connectivity index (χ1v) is 7.35. The number of aryl methyl sites for hydroxylation is 2. The molecule has 0 unspecified atom stereocenters. The Balaban J connectivity index is 0.000000131. The van der Waals surface area contributed by atoms with Crippen LogP contribution in [0.15, 0.2) is 73.1 Å². The quantitative estimate of drug-likeness (QED) is 0.450. The fraction of sp³-hybridized carbons (Fsp3) is 0.100. The largest absolute Gasteiger partial charge is 0.256 e. The number of hydrogen-bond acceptors (Lipinski definition) is 2. The molecule has 0 fully saturated rings. The second-order valence-corrected chi connectivity index (χ2v) is 5.40. The Kier molecular flexibility index (Phi) is 4.10. The number of rotatable bonds is 0. The highest BCUT2D eigenvalue weighted by atomic mass is 14.6. The SMILES string of the molecule is Cc1ccc2cccnc2c1.Cc1ccc2ncccc2c1. The van der Waals surface area contributed by atoms with Gasteiger partial charge in [0.1, 0.15) is 0 Å². The molecule has 0 radical (unpaired) electrons. The molecule has 0 saturated heterocycles. The maximum absolute atomic E-state index is 4.24. The summed E-state index contributed by atoms with van der Waals surface area (Å²) >= 11 is 0. The average Bonchev–Trinajstić information content (AvgIpc) is 2.55. The van der Waals surface area contributed by atoms with Gasteiger partial charge in [-0.25, -0.2) is 0 Å². The van der Waals surface area contributed by atoms with E-state index in [-0.39, 0.29) is 0 Å². The van der Waals surface area contributed by atoms with Crippen molar-refractivity contribution in [1.82, 2.24) is 9.97 Å². The van der Waals surface area contributed by atoms with Crippen LogP contribution in [0.1, 0.15) is 11.1 Å². The van der Waals surface area contributed by atoms with Gasteiger partial charge in [0.25, 0.3) is 0 Å². The lowest BCUT2D eigenvalue weighted by Gasteiger charge is -1.95. The Morgan fingerprint density at radius 1 is 0.591 bits per heavy atom. The number of nitrogens with zero attached hydrogens (tertiary/aromatic N) is 2. The van der Waals surface area contributed by atoms with Crippen LogP contribution in [0.3, 0.4) is 0 Å². The molecule has 0 aliphatic heterocycles. The van der Waals surface area contributed by atoms with Crippen molar-refractivity contribution >= 4 is 21.8 Å². The molecule has 0 aliphatic carbocycles. The van der Waals surface area contributed by atoms with Crippen LogP contribution in [0.5, 0.6) is 0 Å². The lowest BCUT2D eigenvalue weighted by Crippen LogP contribution is -1.77. The normalized spacial score (nSPS) is 10.3. The van der Waals surface area contributed by atoms with Gasteiger partial charge < -0.3 is 0 Å². The fourth-order valence-electron chi connectivity index (χ4n) is 2.37. The average molecular weight is 286 g/mol.